The smallest absolute Gasteiger partial charge is 0.242 e. The molecule has 3 atom stereocenters. The monoisotopic (exact) mass is 228 g/mol. The van der Waals surface area contributed by atoms with Gasteiger partial charge >= 0.3 is 0 Å². The Balaban J connectivity index is 1.94. The Morgan fingerprint density at radius 3 is 2.81 bits per heavy atom. The van der Waals surface area contributed by atoms with Crippen LogP contribution in [0.25, 0.3) is 0 Å². The summed E-state index contributed by atoms with van der Waals surface area (Å²) in [5.41, 5.74) is 0. The molecule has 2 fully saturated rings. The van der Waals surface area contributed by atoms with Crippen LogP contribution in [-0.4, -0.2) is 61.9 Å². The second-order valence-corrected chi connectivity index (χ2v) is 4.47. The van der Waals surface area contributed by atoms with Crippen molar-refractivity contribution >= 4 is 5.91 Å². The number of nitrogens with one attached hydrogen (secondary N) is 1. The van der Waals surface area contributed by atoms with Crippen molar-refractivity contribution in [3.8, 4) is 0 Å². The van der Waals surface area contributed by atoms with E-state index in [9.17, 15) is 4.79 Å². The third kappa shape index (κ3) is 2.53. The van der Waals surface area contributed by atoms with E-state index < -0.39 is 0 Å². The van der Waals surface area contributed by atoms with E-state index in [-0.39, 0.29) is 24.2 Å². The first-order valence-electron chi connectivity index (χ1n) is 5.94. The fourth-order valence-corrected chi connectivity index (χ4v) is 2.22. The number of rotatable bonds is 1. The molecule has 5 heteroatoms. The molecule has 0 radical (unpaired) electrons. The molecule has 2 heterocycles. The molecular formula is C11H20N2O3. The van der Waals surface area contributed by atoms with Crippen LogP contribution in [0.4, 0.5) is 0 Å². The van der Waals surface area contributed by atoms with Gasteiger partial charge in [0.25, 0.3) is 0 Å². The van der Waals surface area contributed by atoms with Crippen molar-refractivity contribution in [2.75, 3.05) is 32.8 Å². The average molecular weight is 228 g/mol. The summed E-state index contributed by atoms with van der Waals surface area (Å²) in [6.45, 7) is 7.38. The van der Waals surface area contributed by atoms with Crippen LogP contribution in [0.5, 0.6) is 0 Å². The number of carbonyl (C=O) groups is 1. The van der Waals surface area contributed by atoms with Gasteiger partial charge in [-0.1, -0.05) is 0 Å². The lowest BCUT2D eigenvalue weighted by atomic mass is 10.1. The Morgan fingerprint density at radius 1 is 1.31 bits per heavy atom. The zero-order valence-electron chi connectivity index (χ0n) is 9.94. The molecule has 1 unspecified atom stereocenters. The fourth-order valence-electron chi connectivity index (χ4n) is 2.22. The Labute approximate surface area is 96.1 Å². The number of amides is 1. The molecule has 0 saturated carbocycles. The first-order chi connectivity index (χ1) is 7.68. The highest BCUT2D eigenvalue weighted by atomic mass is 16.5. The lowest BCUT2D eigenvalue weighted by molar-refractivity contribution is -0.146. The van der Waals surface area contributed by atoms with Crippen LogP contribution < -0.4 is 5.32 Å². The molecule has 2 rings (SSSR count). The highest BCUT2D eigenvalue weighted by Gasteiger charge is 2.33. The van der Waals surface area contributed by atoms with Gasteiger partial charge in [0.15, 0.2) is 0 Å². The van der Waals surface area contributed by atoms with Crippen LogP contribution in [0.3, 0.4) is 0 Å². The molecule has 16 heavy (non-hydrogen) atoms. The summed E-state index contributed by atoms with van der Waals surface area (Å²) in [6.07, 6.45) is 0.0944. The molecule has 2 saturated heterocycles. The van der Waals surface area contributed by atoms with E-state index in [0.717, 1.165) is 6.54 Å². The van der Waals surface area contributed by atoms with Crippen LogP contribution in [0.1, 0.15) is 13.8 Å². The van der Waals surface area contributed by atoms with Crippen LogP contribution in [-0.2, 0) is 14.3 Å². The number of carbonyl (C=O) groups excluding carboxylic acids is 1. The number of morpholine rings is 2. The van der Waals surface area contributed by atoms with Crippen molar-refractivity contribution in [2.24, 2.45) is 0 Å². The van der Waals surface area contributed by atoms with Gasteiger partial charge in [-0.05, 0) is 13.8 Å². The minimum absolute atomic E-state index is 0.0422. The lowest BCUT2D eigenvalue weighted by Gasteiger charge is -2.37. The lowest BCUT2D eigenvalue weighted by Crippen LogP contribution is -2.58. The standard InChI is InChI=1S/C11H20N2O3/c1-8-7-13(4-6-15-8)11(14)10-9(2)16-5-3-12-10/h8-10,12H,3-7H2,1-2H3/t8?,9-,10+/m1/s1. The summed E-state index contributed by atoms with van der Waals surface area (Å²) in [6, 6.07) is -0.195. The molecular weight excluding hydrogens is 208 g/mol. The van der Waals surface area contributed by atoms with Crippen molar-refractivity contribution in [2.45, 2.75) is 32.1 Å². The van der Waals surface area contributed by atoms with Gasteiger partial charge in [-0.3, -0.25) is 4.79 Å². The molecule has 0 aromatic heterocycles. The maximum absolute atomic E-state index is 12.2. The molecule has 0 bridgehead atoms. The minimum atomic E-state index is -0.195. The largest absolute Gasteiger partial charge is 0.375 e. The third-order valence-corrected chi connectivity index (χ3v) is 3.14. The topological polar surface area (TPSA) is 50.8 Å². The zero-order chi connectivity index (χ0) is 11.5. The Hall–Kier alpha value is -0.650. The number of ether oxygens (including phenoxy) is 2. The Bertz CT molecular complexity index is 260. The summed E-state index contributed by atoms with van der Waals surface area (Å²) in [5.74, 6) is 0.141. The molecule has 0 spiro atoms. The van der Waals surface area contributed by atoms with Gasteiger partial charge in [0, 0.05) is 19.6 Å². The van der Waals surface area contributed by atoms with Gasteiger partial charge in [-0.15, -0.1) is 0 Å². The SMILES string of the molecule is CC1CN(C(=O)[C@H]2NCCO[C@@H]2C)CCO1. The number of hydrogen-bond acceptors (Lipinski definition) is 4. The van der Waals surface area contributed by atoms with Crippen molar-refractivity contribution in [3.05, 3.63) is 0 Å². The predicted molar refractivity (Wildman–Crippen MR) is 59.2 cm³/mol. The third-order valence-electron chi connectivity index (χ3n) is 3.14. The maximum Gasteiger partial charge on any atom is 0.242 e. The van der Waals surface area contributed by atoms with Gasteiger partial charge in [0.1, 0.15) is 6.04 Å². The average Bonchev–Trinajstić information content (AvgIpc) is 2.29. The summed E-state index contributed by atoms with van der Waals surface area (Å²) < 4.78 is 10.9. The van der Waals surface area contributed by atoms with Crippen LogP contribution in [0.2, 0.25) is 0 Å². The van der Waals surface area contributed by atoms with Gasteiger partial charge in [0.2, 0.25) is 5.91 Å². The van der Waals surface area contributed by atoms with E-state index in [4.69, 9.17) is 9.47 Å². The molecule has 1 amide bonds. The molecule has 0 aliphatic carbocycles. The van der Waals surface area contributed by atoms with E-state index in [1.54, 1.807) is 0 Å². The second-order valence-electron chi connectivity index (χ2n) is 4.47. The summed E-state index contributed by atoms with van der Waals surface area (Å²) in [7, 11) is 0. The Kier molecular flexibility index (Phi) is 3.78. The van der Waals surface area contributed by atoms with Crippen molar-refractivity contribution in [3.63, 3.8) is 0 Å². The molecule has 92 valence electrons. The molecule has 0 aromatic carbocycles. The minimum Gasteiger partial charge on any atom is -0.375 e. The Morgan fingerprint density at radius 2 is 2.12 bits per heavy atom. The maximum atomic E-state index is 12.2. The van der Waals surface area contributed by atoms with Crippen molar-refractivity contribution in [1.82, 2.24) is 10.2 Å². The summed E-state index contributed by atoms with van der Waals surface area (Å²) in [5, 5.41) is 3.22. The first kappa shape index (κ1) is 11.8. The quantitative estimate of drug-likeness (QED) is 0.664. The molecule has 5 nitrogen and oxygen atoms in total. The van der Waals surface area contributed by atoms with Crippen LogP contribution in [0, 0.1) is 0 Å². The van der Waals surface area contributed by atoms with E-state index in [1.807, 2.05) is 18.7 Å². The molecule has 1 N–H and O–H groups in total. The first-order valence-corrected chi connectivity index (χ1v) is 5.94. The molecule has 2 aliphatic rings. The molecule has 2 aliphatic heterocycles. The van der Waals surface area contributed by atoms with Gasteiger partial charge < -0.3 is 19.7 Å². The fraction of sp³-hybridized carbons (Fsp3) is 0.909. The van der Waals surface area contributed by atoms with Crippen molar-refractivity contribution in [1.29, 1.82) is 0 Å². The second kappa shape index (κ2) is 5.12. The number of hydrogen-bond donors (Lipinski definition) is 1. The highest BCUT2D eigenvalue weighted by molar-refractivity contribution is 5.82. The van der Waals surface area contributed by atoms with Crippen molar-refractivity contribution < 1.29 is 14.3 Å². The molecule has 0 aromatic rings. The normalized spacial score (nSPS) is 36.1. The van der Waals surface area contributed by atoms with E-state index in [2.05, 4.69) is 5.32 Å². The van der Waals surface area contributed by atoms with Crippen LogP contribution >= 0.6 is 0 Å². The van der Waals surface area contributed by atoms with E-state index in [1.165, 1.54) is 0 Å². The van der Waals surface area contributed by atoms with Gasteiger partial charge in [-0.25, -0.2) is 0 Å². The summed E-state index contributed by atoms with van der Waals surface area (Å²) >= 11 is 0. The van der Waals surface area contributed by atoms with E-state index in [0.29, 0.717) is 26.3 Å². The summed E-state index contributed by atoms with van der Waals surface area (Å²) in [4.78, 5) is 14.1. The van der Waals surface area contributed by atoms with Gasteiger partial charge in [0.05, 0.1) is 25.4 Å². The van der Waals surface area contributed by atoms with E-state index >= 15 is 0 Å². The number of nitrogens with zero attached hydrogens (tertiary/aromatic N) is 1. The zero-order valence-corrected chi connectivity index (χ0v) is 9.94. The predicted octanol–water partition coefficient (Wildman–Crippen LogP) is -0.389. The van der Waals surface area contributed by atoms with Gasteiger partial charge in [-0.2, -0.15) is 0 Å². The van der Waals surface area contributed by atoms with Crippen LogP contribution in [0.15, 0.2) is 0 Å². The highest BCUT2D eigenvalue weighted by Crippen LogP contribution is 2.11.